The molecule has 0 spiro atoms. The first-order chi connectivity index (χ1) is 8.65. The average Bonchev–Trinajstić information content (AvgIpc) is 2.87. The molecule has 2 rings (SSSR count). The van der Waals surface area contributed by atoms with Gasteiger partial charge in [-0.05, 0) is 12.1 Å². The summed E-state index contributed by atoms with van der Waals surface area (Å²) in [6.45, 7) is 0. The van der Waals surface area contributed by atoms with Gasteiger partial charge in [-0.25, -0.2) is 4.79 Å². The normalized spacial score (nSPS) is 17.9. The molecule has 96 valence electrons. The van der Waals surface area contributed by atoms with Crippen molar-refractivity contribution in [1.82, 2.24) is 0 Å². The molecule has 1 aromatic carbocycles. The minimum absolute atomic E-state index is 0.220. The average molecular weight is 251 g/mol. The van der Waals surface area contributed by atoms with E-state index < -0.39 is 12.1 Å². The molecule has 1 aliphatic rings. The lowest BCUT2D eigenvalue weighted by Gasteiger charge is -2.09. The Balaban J connectivity index is 2.27. The van der Waals surface area contributed by atoms with E-state index in [9.17, 15) is 4.79 Å². The molecule has 1 aromatic rings. The topological polar surface area (TPSA) is 77.4 Å². The van der Waals surface area contributed by atoms with Crippen LogP contribution in [0.5, 0.6) is 11.5 Å². The molecule has 0 aliphatic carbocycles. The van der Waals surface area contributed by atoms with Gasteiger partial charge in [0.2, 0.25) is 6.10 Å². The van der Waals surface area contributed by atoms with E-state index in [-0.39, 0.29) is 6.42 Å². The van der Waals surface area contributed by atoms with Crippen molar-refractivity contribution in [2.75, 3.05) is 14.2 Å². The predicted octanol–water partition coefficient (Wildman–Crippen LogP) is 1.28. The van der Waals surface area contributed by atoms with Crippen LogP contribution in [-0.4, -0.2) is 37.1 Å². The molecule has 1 atom stereocenters. The molecule has 1 aliphatic heterocycles. The van der Waals surface area contributed by atoms with Crippen molar-refractivity contribution in [1.29, 1.82) is 0 Å². The van der Waals surface area contributed by atoms with E-state index in [1.165, 1.54) is 7.11 Å². The Morgan fingerprint density at radius 2 is 2.22 bits per heavy atom. The van der Waals surface area contributed by atoms with E-state index in [4.69, 9.17) is 19.4 Å². The highest BCUT2D eigenvalue weighted by atomic mass is 16.7. The van der Waals surface area contributed by atoms with Crippen LogP contribution in [0.2, 0.25) is 0 Å². The Labute approximate surface area is 104 Å². The van der Waals surface area contributed by atoms with Crippen LogP contribution in [-0.2, 0) is 9.63 Å². The van der Waals surface area contributed by atoms with Gasteiger partial charge in [0.25, 0.3) is 0 Å². The zero-order valence-electron chi connectivity index (χ0n) is 10.0. The van der Waals surface area contributed by atoms with E-state index >= 15 is 0 Å². The molecule has 6 nitrogen and oxygen atoms in total. The number of hydrogen-bond donors (Lipinski definition) is 1. The van der Waals surface area contributed by atoms with Crippen molar-refractivity contribution >= 4 is 11.7 Å². The van der Waals surface area contributed by atoms with Crippen LogP contribution < -0.4 is 9.47 Å². The summed E-state index contributed by atoms with van der Waals surface area (Å²) in [5.74, 6) is 0.203. The Kier molecular flexibility index (Phi) is 3.36. The minimum atomic E-state index is -1.03. The fraction of sp³-hybridized carbons (Fsp3) is 0.333. The highest BCUT2D eigenvalue weighted by Gasteiger charge is 2.29. The third-order valence-electron chi connectivity index (χ3n) is 2.66. The zero-order chi connectivity index (χ0) is 13.1. The largest absolute Gasteiger partial charge is 0.497 e. The Hall–Kier alpha value is -2.24. The number of hydrogen-bond acceptors (Lipinski definition) is 5. The number of rotatable bonds is 4. The maximum Gasteiger partial charge on any atom is 0.348 e. The van der Waals surface area contributed by atoms with Crippen molar-refractivity contribution in [3.8, 4) is 11.5 Å². The van der Waals surface area contributed by atoms with Crippen LogP contribution >= 0.6 is 0 Å². The van der Waals surface area contributed by atoms with Gasteiger partial charge in [-0.2, -0.15) is 0 Å². The number of oxime groups is 1. The maximum atomic E-state index is 10.8. The Bertz CT molecular complexity index is 497. The second-order valence-corrected chi connectivity index (χ2v) is 3.74. The molecule has 0 fully saturated rings. The number of carboxylic acid groups (broad SMARTS) is 1. The van der Waals surface area contributed by atoms with Crippen molar-refractivity contribution in [3.05, 3.63) is 23.8 Å². The second kappa shape index (κ2) is 4.95. The molecule has 1 N–H and O–H groups in total. The lowest BCUT2D eigenvalue weighted by molar-refractivity contribution is -0.148. The van der Waals surface area contributed by atoms with E-state index in [2.05, 4.69) is 5.16 Å². The SMILES string of the molecule is COc1ccc(C2=NOC(C(=O)O)C2)c(OC)c1. The van der Waals surface area contributed by atoms with Crippen molar-refractivity contribution in [3.63, 3.8) is 0 Å². The summed E-state index contributed by atoms with van der Waals surface area (Å²) in [6, 6.07) is 5.24. The van der Waals surface area contributed by atoms with Crippen LogP contribution in [0.15, 0.2) is 23.4 Å². The third-order valence-corrected chi connectivity index (χ3v) is 2.66. The highest BCUT2D eigenvalue weighted by Crippen LogP contribution is 2.28. The van der Waals surface area contributed by atoms with Gasteiger partial charge in [0.15, 0.2) is 0 Å². The number of methoxy groups -OCH3 is 2. The fourth-order valence-electron chi connectivity index (χ4n) is 1.71. The van der Waals surface area contributed by atoms with E-state index in [0.29, 0.717) is 22.8 Å². The van der Waals surface area contributed by atoms with Gasteiger partial charge in [-0.3, -0.25) is 0 Å². The fourth-order valence-corrected chi connectivity index (χ4v) is 1.71. The summed E-state index contributed by atoms with van der Waals surface area (Å²) in [4.78, 5) is 15.6. The lowest BCUT2D eigenvalue weighted by Crippen LogP contribution is -2.20. The summed E-state index contributed by atoms with van der Waals surface area (Å²) in [5, 5.41) is 12.6. The van der Waals surface area contributed by atoms with Crippen molar-refractivity contribution in [2.24, 2.45) is 5.16 Å². The van der Waals surface area contributed by atoms with E-state index in [1.54, 1.807) is 25.3 Å². The van der Waals surface area contributed by atoms with E-state index in [0.717, 1.165) is 0 Å². The number of carboxylic acids is 1. The number of benzene rings is 1. The van der Waals surface area contributed by atoms with Gasteiger partial charge in [0.1, 0.15) is 11.5 Å². The van der Waals surface area contributed by atoms with Gasteiger partial charge in [-0.1, -0.05) is 5.16 Å². The number of carbonyl (C=O) groups is 1. The number of ether oxygens (including phenoxy) is 2. The minimum Gasteiger partial charge on any atom is -0.497 e. The van der Waals surface area contributed by atoms with Gasteiger partial charge in [-0.15, -0.1) is 0 Å². The molecule has 0 radical (unpaired) electrons. The van der Waals surface area contributed by atoms with Crippen molar-refractivity contribution in [2.45, 2.75) is 12.5 Å². The molecule has 0 aromatic heterocycles. The quantitative estimate of drug-likeness (QED) is 0.872. The predicted molar refractivity (Wildman–Crippen MR) is 63.2 cm³/mol. The molecular weight excluding hydrogens is 238 g/mol. The molecule has 6 heteroatoms. The molecule has 0 saturated heterocycles. The first-order valence-electron chi connectivity index (χ1n) is 5.33. The molecule has 0 amide bonds. The molecule has 1 unspecified atom stereocenters. The standard InChI is InChI=1S/C12H13NO5/c1-16-7-3-4-8(10(5-7)17-2)9-6-11(12(14)15)18-13-9/h3-5,11H,6H2,1-2H3,(H,14,15). The molecule has 0 saturated carbocycles. The monoisotopic (exact) mass is 251 g/mol. The zero-order valence-corrected chi connectivity index (χ0v) is 10.0. The van der Waals surface area contributed by atoms with Gasteiger partial charge >= 0.3 is 5.97 Å². The first kappa shape index (κ1) is 12.2. The van der Waals surface area contributed by atoms with Crippen molar-refractivity contribution < 1.29 is 24.2 Å². The summed E-state index contributed by atoms with van der Waals surface area (Å²) in [5.41, 5.74) is 1.27. The Morgan fingerprint density at radius 1 is 1.44 bits per heavy atom. The molecular formula is C12H13NO5. The highest BCUT2D eigenvalue weighted by molar-refractivity contribution is 6.05. The van der Waals surface area contributed by atoms with Crippen LogP contribution in [0.25, 0.3) is 0 Å². The summed E-state index contributed by atoms with van der Waals surface area (Å²) < 4.78 is 10.3. The van der Waals surface area contributed by atoms with Crippen LogP contribution in [0.3, 0.4) is 0 Å². The first-order valence-corrected chi connectivity index (χ1v) is 5.33. The molecule has 1 heterocycles. The molecule has 18 heavy (non-hydrogen) atoms. The summed E-state index contributed by atoms with van der Waals surface area (Å²) >= 11 is 0. The van der Waals surface area contributed by atoms with Crippen LogP contribution in [0.4, 0.5) is 0 Å². The summed E-state index contributed by atoms with van der Waals surface area (Å²) in [6.07, 6.45) is -0.704. The summed E-state index contributed by atoms with van der Waals surface area (Å²) in [7, 11) is 3.09. The van der Waals surface area contributed by atoms with Gasteiger partial charge in [0, 0.05) is 18.1 Å². The van der Waals surface area contributed by atoms with Crippen LogP contribution in [0, 0.1) is 0 Å². The number of nitrogens with zero attached hydrogens (tertiary/aromatic N) is 1. The molecule has 0 bridgehead atoms. The van der Waals surface area contributed by atoms with E-state index in [1.807, 2.05) is 0 Å². The lowest BCUT2D eigenvalue weighted by atomic mass is 10.0. The van der Waals surface area contributed by atoms with Gasteiger partial charge in [0.05, 0.1) is 19.9 Å². The smallest absolute Gasteiger partial charge is 0.348 e. The number of aliphatic carboxylic acids is 1. The Morgan fingerprint density at radius 3 is 2.78 bits per heavy atom. The van der Waals surface area contributed by atoms with Gasteiger partial charge < -0.3 is 19.4 Å². The van der Waals surface area contributed by atoms with Crippen LogP contribution in [0.1, 0.15) is 12.0 Å². The second-order valence-electron chi connectivity index (χ2n) is 3.74. The maximum absolute atomic E-state index is 10.8. The third kappa shape index (κ3) is 2.22.